The van der Waals surface area contributed by atoms with E-state index >= 15 is 0 Å². The molecule has 0 radical (unpaired) electrons. The highest BCUT2D eigenvalue weighted by Gasteiger charge is 2.34. The van der Waals surface area contributed by atoms with Crippen LogP contribution in [-0.2, 0) is 11.3 Å². The van der Waals surface area contributed by atoms with Crippen molar-refractivity contribution in [2.24, 2.45) is 5.92 Å². The number of nitrogens with one attached hydrogen (secondary N) is 1. The summed E-state index contributed by atoms with van der Waals surface area (Å²) in [4.78, 5) is 26.3. The molecule has 4 rings (SSSR count). The number of aromatic nitrogens is 1. The molecule has 1 saturated heterocycles. The molecule has 2 aliphatic rings. The lowest BCUT2D eigenvalue weighted by molar-refractivity contribution is 0.107. The zero-order valence-corrected chi connectivity index (χ0v) is 15.3. The maximum Gasteiger partial charge on any atom is 0.411 e. The van der Waals surface area contributed by atoms with Crippen LogP contribution in [0.25, 0.3) is 0 Å². The van der Waals surface area contributed by atoms with Crippen LogP contribution in [0.15, 0.2) is 53.3 Å². The number of carbonyl (C=O) groups excluding carboxylic acids is 1. The second kappa shape index (κ2) is 7.96. The van der Waals surface area contributed by atoms with Gasteiger partial charge in [0, 0.05) is 49.5 Å². The Morgan fingerprint density at radius 2 is 1.93 bits per heavy atom. The summed E-state index contributed by atoms with van der Waals surface area (Å²) in [7, 11) is 0. The number of rotatable bonds is 5. The van der Waals surface area contributed by atoms with Crippen molar-refractivity contribution in [2.75, 3.05) is 31.6 Å². The quantitative estimate of drug-likeness (QED) is 0.826. The molecule has 0 unspecified atom stereocenters. The Balaban J connectivity index is 1.24. The van der Waals surface area contributed by atoms with E-state index in [0.29, 0.717) is 18.4 Å². The van der Waals surface area contributed by atoms with Crippen LogP contribution in [0.2, 0.25) is 0 Å². The van der Waals surface area contributed by atoms with Crippen LogP contribution in [0, 0.1) is 5.92 Å². The highest BCUT2D eigenvalue weighted by Crippen LogP contribution is 2.34. The third kappa shape index (κ3) is 4.22. The topological polar surface area (TPSA) is 63.6 Å². The van der Waals surface area contributed by atoms with Crippen LogP contribution in [0.4, 0.5) is 10.5 Å². The maximum atomic E-state index is 12.1. The minimum absolute atomic E-state index is 0.119. The number of para-hydroxylation sites is 1. The Labute approximate surface area is 158 Å². The number of pyridine rings is 1. The van der Waals surface area contributed by atoms with E-state index in [1.54, 1.807) is 6.07 Å². The molecule has 3 heterocycles. The Bertz CT molecular complexity index is 849. The van der Waals surface area contributed by atoms with E-state index in [2.05, 4.69) is 16.3 Å². The van der Waals surface area contributed by atoms with Crippen LogP contribution in [-0.4, -0.2) is 41.8 Å². The fraction of sp³-hybridized carbons (Fsp3) is 0.429. The van der Waals surface area contributed by atoms with E-state index in [9.17, 15) is 9.59 Å². The fourth-order valence-electron chi connectivity index (χ4n) is 4.31. The van der Waals surface area contributed by atoms with E-state index in [1.807, 2.05) is 41.0 Å². The van der Waals surface area contributed by atoms with Gasteiger partial charge < -0.3 is 14.2 Å². The molecule has 1 aromatic heterocycles. The third-order valence-electron chi connectivity index (χ3n) is 5.43. The van der Waals surface area contributed by atoms with E-state index in [1.165, 1.54) is 5.69 Å². The summed E-state index contributed by atoms with van der Waals surface area (Å²) in [6, 6.07) is 14.9. The minimum Gasteiger partial charge on any atom is -0.449 e. The maximum absolute atomic E-state index is 12.1. The Morgan fingerprint density at radius 1 is 1.07 bits per heavy atom. The van der Waals surface area contributed by atoms with Crippen molar-refractivity contribution >= 4 is 11.8 Å². The first-order valence-electron chi connectivity index (χ1n) is 9.60. The van der Waals surface area contributed by atoms with Gasteiger partial charge in [0.25, 0.3) is 5.56 Å². The van der Waals surface area contributed by atoms with Crippen molar-refractivity contribution in [3.8, 4) is 0 Å². The summed E-state index contributed by atoms with van der Waals surface area (Å²) < 4.78 is 7.23. The second-order valence-corrected chi connectivity index (χ2v) is 7.44. The van der Waals surface area contributed by atoms with Crippen molar-refractivity contribution in [1.82, 2.24) is 9.47 Å². The first kappa shape index (κ1) is 17.8. The predicted molar refractivity (Wildman–Crippen MR) is 104 cm³/mol. The lowest BCUT2D eigenvalue weighted by atomic mass is 9.83. The number of nitrogens with zero attached hydrogens (tertiary/aromatic N) is 2. The monoisotopic (exact) mass is 367 g/mol. The molecule has 1 aromatic carbocycles. The zero-order chi connectivity index (χ0) is 18.6. The molecular weight excluding hydrogens is 342 g/mol. The van der Waals surface area contributed by atoms with Crippen molar-refractivity contribution < 1.29 is 9.53 Å². The van der Waals surface area contributed by atoms with Crippen molar-refractivity contribution in [3.63, 3.8) is 0 Å². The summed E-state index contributed by atoms with van der Waals surface area (Å²) >= 11 is 0. The molecule has 0 spiro atoms. The van der Waals surface area contributed by atoms with Gasteiger partial charge in [-0.15, -0.1) is 0 Å². The van der Waals surface area contributed by atoms with Crippen molar-refractivity contribution in [3.05, 3.63) is 64.6 Å². The summed E-state index contributed by atoms with van der Waals surface area (Å²) in [6.45, 7) is 4.10. The number of anilines is 1. The van der Waals surface area contributed by atoms with Gasteiger partial charge in [0.05, 0.1) is 6.61 Å². The average molecular weight is 367 g/mol. The van der Waals surface area contributed by atoms with Gasteiger partial charge in [0.15, 0.2) is 0 Å². The van der Waals surface area contributed by atoms with Gasteiger partial charge in [0.1, 0.15) is 0 Å². The highest BCUT2D eigenvalue weighted by atomic mass is 16.5. The average Bonchev–Trinajstić information content (AvgIpc) is 2.67. The number of ether oxygens (including phenoxy) is 1. The largest absolute Gasteiger partial charge is 0.449 e. The van der Waals surface area contributed by atoms with Gasteiger partial charge in [-0.2, -0.15) is 0 Å². The third-order valence-corrected chi connectivity index (χ3v) is 5.43. The molecule has 6 heteroatoms. The van der Waals surface area contributed by atoms with E-state index < -0.39 is 6.09 Å². The zero-order valence-electron chi connectivity index (χ0n) is 15.3. The first-order valence-corrected chi connectivity index (χ1v) is 9.60. The fourth-order valence-corrected chi connectivity index (χ4v) is 4.31. The van der Waals surface area contributed by atoms with Crippen LogP contribution in [0.1, 0.15) is 24.5 Å². The molecule has 27 heavy (non-hydrogen) atoms. The van der Waals surface area contributed by atoms with E-state index in [0.717, 1.165) is 44.7 Å². The minimum atomic E-state index is -0.412. The van der Waals surface area contributed by atoms with Crippen LogP contribution < -0.4 is 10.9 Å². The Morgan fingerprint density at radius 3 is 2.78 bits per heavy atom. The van der Waals surface area contributed by atoms with Crippen LogP contribution >= 0.6 is 0 Å². The SMILES string of the molecule is O=C(Nc1ccccc1)OCCCN1C[C@@H]2C[C@H](C1)c1cccc(=O)n1C2. The van der Waals surface area contributed by atoms with Gasteiger partial charge in [-0.1, -0.05) is 24.3 Å². The first-order chi connectivity index (χ1) is 13.2. The smallest absolute Gasteiger partial charge is 0.411 e. The normalized spacial score (nSPS) is 21.3. The number of hydrogen-bond donors (Lipinski definition) is 1. The van der Waals surface area contributed by atoms with Gasteiger partial charge in [-0.05, 0) is 37.0 Å². The summed E-state index contributed by atoms with van der Waals surface area (Å²) in [5.41, 5.74) is 2.02. The number of carbonyl (C=O) groups is 1. The van der Waals surface area contributed by atoms with Gasteiger partial charge >= 0.3 is 6.09 Å². The number of hydrogen-bond acceptors (Lipinski definition) is 4. The molecule has 6 nitrogen and oxygen atoms in total. The molecule has 1 amide bonds. The summed E-state index contributed by atoms with van der Waals surface area (Å²) in [5.74, 6) is 0.951. The molecule has 0 aliphatic carbocycles. The Kier molecular flexibility index (Phi) is 5.25. The molecule has 0 saturated carbocycles. The number of fused-ring (bicyclic) bond motifs is 4. The molecule has 2 aliphatic heterocycles. The van der Waals surface area contributed by atoms with Gasteiger partial charge in [-0.25, -0.2) is 4.79 Å². The van der Waals surface area contributed by atoms with Crippen molar-refractivity contribution in [2.45, 2.75) is 25.3 Å². The Hall–Kier alpha value is -2.60. The standard InChI is InChI=1S/C21H25N3O3/c25-20-9-4-8-19-17-12-16(14-24(19)20)13-23(15-17)10-5-11-27-21(26)22-18-6-2-1-3-7-18/h1-4,6-9,16-17H,5,10-15H2,(H,22,26)/t16-,17+/m0/s1. The lowest BCUT2D eigenvalue weighted by Gasteiger charge is -2.42. The molecule has 2 atom stereocenters. The molecule has 1 N–H and O–H groups in total. The lowest BCUT2D eigenvalue weighted by Crippen LogP contribution is -2.47. The van der Waals surface area contributed by atoms with E-state index in [-0.39, 0.29) is 5.56 Å². The highest BCUT2D eigenvalue weighted by molar-refractivity contribution is 5.84. The number of piperidine rings is 1. The van der Waals surface area contributed by atoms with Crippen LogP contribution in [0.3, 0.4) is 0 Å². The molecule has 1 fully saturated rings. The van der Waals surface area contributed by atoms with Gasteiger partial charge in [-0.3, -0.25) is 10.1 Å². The molecular formula is C21H25N3O3. The summed E-state index contributed by atoms with van der Waals surface area (Å²) in [6.07, 6.45) is 1.56. The molecule has 2 aromatic rings. The van der Waals surface area contributed by atoms with Gasteiger partial charge in [0.2, 0.25) is 0 Å². The predicted octanol–water partition coefficient (Wildman–Crippen LogP) is 2.91. The van der Waals surface area contributed by atoms with Crippen molar-refractivity contribution in [1.29, 1.82) is 0 Å². The van der Waals surface area contributed by atoms with E-state index in [4.69, 9.17) is 4.74 Å². The molecule has 2 bridgehead atoms. The number of amides is 1. The second-order valence-electron chi connectivity index (χ2n) is 7.44. The van der Waals surface area contributed by atoms with Crippen LogP contribution in [0.5, 0.6) is 0 Å². The number of benzene rings is 1. The molecule has 142 valence electrons. The summed E-state index contributed by atoms with van der Waals surface area (Å²) in [5, 5.41) is 2.72. The number of likely N-dealkylation sites (tertiary alicyclic amines) is 1.